The molecule has 4 rings (SSSR count). The van der Waals surface area contributed by atoms with E-state index in [0.29, 0.717) is 13.0 Å². The minimum absolute atomic E-state index is 0.0860. The van der Waals surface area contributed by atoms with Crippen molar-refractivity contribution in [1.82, 2.24) is 0 Å². The maximum absolute atomic E-state index is 12.0. The number of hydrogen-bond donors (Lipinski definition) is 0. The van der Waals surface area contributed by atoms with Crippen LogP contribution in [0.15, 0.2) is 91.0 Å². The minimum Gasteiger partial charge on any atom is -0.461 e. The number of benzene rings is 3. The Morgan fingerprint density at radius 3 is 1.40 bits per heavy atom. The molecule has 3 heteroatoms. The molecule has 1 atom stereocenters. The fraction of sp³-hybridized carbons (Fsp3) is 0.136. The number of ether oxygens (including phenoxy) is 1. The van der Waals surface area contributed by atoms with E-state index >= 15 is 0 Å². The molecule has 1 fully saturated rings. The van der Waals surface area contributed by atoms with E-state index in [2.05, 4.69) is 72.8 Å². The normalized spacial score (nSPS) is 17.3. The van der Waals surface area contributed by atoms with Crippen LogP contribution in [0.1, 0.15) is 6.42 Å². The molecule has 0 saturated carbocycles. The summed E-state index contributed by atoms with van der Waals surface area (Å²) in [6.07, 6.45) is 0.479. The predicted octanol–water partition coefficient (Wildman–Crippen LogP) is 3.30. The van der Waals surface area contributed by atoms with Gasteiger partial charge >= 0.3 is 5.97 Å². The molecule has 3 aromatic rings. The number of rotatable bonds is 4. The molecule has 1 saturated heterocycles. The molecule has 2 nitrogen and oxygen atoms in total. The van der Waals surface area contributed by atoms with E-state index in [1.54, 1.807) is 0 Å². The maximum atomic E-state index is 12.0. The molecule has 1 unspecified atom stereocenters. The second-order valence-corrected chi connectivity index (χ2v) is 10.00. The Bertz CT molecular complexity index is 750. The Kier molecular flexibility index (Phi) is 4.38. The van der Waals surface area contributed by atoms with Crippen molar-refractivity contribution in [3.05, 3.63) is 91.0 Å². The van der Waals surface area contributed by atoms with E-state index in [1.165, 1.54) is 15.9 Å². The first-order valence-corrected chi connectivity index (χ1v) is 10.4. The van der Waals surface area contributed by atoms with E-state index in [1.807, 2.05) is 18.2 Å². The Morgan fingerprint density at radius 1 is 0.680 bits per heavy atom. The molecule has 0 N–H and O–H groups in total. The monoisotopic (exact) mass is 347 g/mol. The van der Waals surface area contributed by atoms with Gasteiger partial charge in [0.2, 0.25) is 0 Å². The van der Waals surface area contributed by atoms with Crippen LogP contribution in [0.25, 0.3) is 0 Å². The molecule has 25 heavy (non-hydrogen) atoms. The third kappa shape index (κ3) is 2.77. The Labute approximate surface area is 148 Å². The third-order valence-corrected chi connectivity index (χ3v) is 9.64. The van der Waals surface area contributed by atoms with E-state index in [4.69, 9.17) is 4.74 Å². The average Bonchev–Trinajstić information content (AvgIpc) is 3.12. The van der Waals surface area contributed by atoms with Gasteiger partial charge in [0.1, 0.15) is 35.4 Å². The smallest absolute Gasteiger partial charge is 0.310 e. The van der Waals surface area contributed by atoms with Crippen molar-refractivity contribution in [1.29, 1.82) is 0 Å². The molecule has 0 radical (unpaired) electrons. The lowest BCUT2D eigenvalue weighted by Gasteiger charge is -2.31. The zero-order valence-electron chi connectivity index (χ0n) is 13.9. The second-order valence-electron chi connectivity index (χ2n) is 6.27. The summed E-state index contributed by atoms with van der Waals surface area (Å²) >= 11 is 0. The predicted molar refractivity (Wildman–Crippen MR) is 105 cm³/mol. The van der Waals surface area contributed by atoms with Gasteiger partial charge in [-0.05, 0) is 36.4 Å². The lowest BCUT2D eigenvalue weighted by molar-refractivity contribution is -0.137. The van der Waals surface area contributed by atoms with Gasteiger partial charge < -0.3 is 4.74 Å². The SMILES string of the molecule is O=C1CC([P+](c2ccccc2)(c2ccccc2)c2ccccc2)CO1. The van der Waals surface area contributed by atoms with Crippen molar-refractivity contribution in [2.45, 2.75) is 12.1 Å². The highest BCUT2D eigenvalue weighted by molar-refractivity contribution is 7.96. The van der Waals surface area contributed by atoms with Crippen LogP contribution < -0.4 is 15.9 Å². The molecule has 1 aliphatic heterocycles. The summed E-state index contributed by atoms with van der Waals surface area (Å²) in [4.78, 5) is 12.0. The van der Waals surface area contributed by atoms with E-state index in [-0.39, 0.29) is 11.6 Å². The summed E-state index contributed by atoms with van der Waals surface area (Å²) in [5.41, 5.74) is 0.173. The van der Waals surface area contributed by atoms with Crippen LogP contribution in [0.3, 0.4) is 0 Å². The topological polar surface area (TPSA) is 26.3 Å². The zero-order chi connectivity index (χ0) is 17.1. The molecule has 0 aliphatic carbocycles. The highest BCUT2D eigenvalue weighted by atomic mass is 31.2. The van der Waals surface area contributed by atoms with Gasteiger partial charge in [-0.15, -0.1) is 0 Å². The van der Waals surface area contributed by atoms with Crippen LogP contribution in [-0.2, 0) is 9.53 Å². The van der Waals surface area contributed by atoms with Crippen molar-refractivity contribution < 1.29 is 9.53 Å². The summed E-state index contributed by atoms with van der Waals surface area (Å²) < 4.78 is 5.42. The Balaban J connectivity index is 2.03. The lowest BCUT2D eigenvalue weighted by Crippen LogP contribution is -2.39. The van der Waals surface area contributed by atoms with Gasteiger partial charge in [-0.2, -0.15) is 0 Å². The number of carbonyl (C=O) groups excluding carboxylic acids is 1. The molecule has 0 aromatic heterocycles. The van der Waals surface area contributed by atoms with Crippen LogP contribution in [-0.4, -0.2) is 18.2 Å². The Hall–Kier alpha value is -2.44. The molecule has 1 heterocycles. The van der Waals surface area contributed by atoms with Crippen LogP contribution in [0, 0.1) is 0 Å². The first kappa shape index (κ1) is 16.1. The highest BCUT2D eigenvalue weighted by Crippen LogP contribution is 2.61. The van der Waals surface area contributed by atoms with Crippen molar-refractivity contribution >= 4 is 29.1 Å². The molecule has 0 spiro atoms. The standard InChI is InChI=1S/C22H20O2P/c23-22-16-21(17-24-22)25(18-10-4-1-5-11-18,19-12-6-2-7-13-19)20-14-8-3-9-15-20/h1-15,21H,16-17H2/q+1. The van der Waals surface area contributed by atoms with Gasteiger partial charge in [0.25, 0.3) is 0 Å². The lowest BCUT2D eigenvalue weighted by atomic mass is 10.3. The van der Waals surface area contributed by atoms with Crippen molar-refractivity contribution in [2.75, 3.05) is 6.61 Å². The fourth-order valence-electron chi connectivity index (χ4n) is 3.82. The summed E-state index contributed by atoms with van der Waals surface area (Å²) in [5.74, 6) is -0.0860. The van der Waals surface area contributed by atoms with Gasteiger partial charge in [-0.1, -0.05) is 54.6 Å². The second kappa shape index (κ2) is 6.82. The molecule has 124 valence electrons. The number of hydrogen-bond acceptors (Lipinski definition) is 2. The Morgan fingerprint density at radius 2 is 1.08 bits per heavy atom. The number of esters is 1. The number of cyclic esters (lactones) is 1. The fourth-order valence-corrected chi connectivity index (χ4v) is 8.62. The van der Waals surface area contributed by atoms with E-state index < -0.39 is 7.26 Å². The third-order valence-electron chi connectivity index (χ3n) is 4.88. The largest absolute Gasteiger partial charge is 0.461 e. The van der Waals surface area contributed by atoms with Crippen molar-refractivity contribution in [3.8, 4) is 0 Å². The van der Waals surface area contributed by atoms with Crippen LogP contribution in [0.2, 0.25) is 0 Å². The van der Waals surface area contributed by atoms with Gasteiger partial charge in [-0.3, -0.25) is 4.79 Å². The summed E-state index contributed by atoms with van der Waals surface area (Å²) in [7, 11) is -1.98. The molecular formula is C22H20O2P+. The molecule has 3 aromatic carbocycles. The molecular weight excluding hydrogens is 327 g/mol. The van der Waals surface area contributed by atoms with Crippen LogP contribution >= 0.6 is 7.26 Å². The van der Waals surface area contributed by atoms with Gasteiger partial charge in [0, 0.05) is 0 Å². The minimum atomic E-state index is -1.98. The summed E-state index contributed by atoms with van der Waals surface area (Å²) in [5, 5.41) is 3.90. The van der Waals surface area contributed by atoms with Crippen LogP contribution in [0.4, 0.5) is 0 Å². The first-order valence-electron chi connectivity index (χ1n) is 8.53. The first-order chi connectivity index (χ1) is 12.3. The van der Waals surface area contributed by atoms with Crippen LogP contribution in [0.5, 0.6) is 0 Å². The van der Waals surface area contributed by atoms with Gasteiger partial charge in [0.15, 0.2) is 0 Å². The van der Waals surface area contributed by atoms with E-state index in [9.17, 15) is 4.79 Å². The molecule has 0 amide bonds. The molecule has 0 bridgehead atoms. The maximum Gasteiger partial charge on any atom is 0.310 e. The summed E-state index contributed by atoms with van der Waals surface area (Å²) in [6.45, 7) is 0.491. The van der Waals surface area contributed by atoms with E-state index in [0.717, 1.165) is 0 Å². The highest BCUT2D eigenvalue weighted by Gasteiger charge is 2.55. The zero-order valence-corrected chi connectivity index (χ0v) is 14.8. The van der Waals surface area contributed by atoms with Crippen molar-refractivity contribution in [2.24, 2.45) is 0 Å². The quantitative estimate of drug-likeness (QED) is 0.535. The number of carbonyl (C=O) groups is 1. The van der Waals surface area contributed by atoms with Gasteiger partial charge in [-0.25, -0.2) is 0 Å². The van der Waals surface area contributed by atoms with Crippen molar-refractivity contribution in [3.63, 3.8) is 0 Å². The molecule has 1 aliphatic rings. The van der Waals surface area contributed by atoms with Gasteiger partial charge in [0.05, 0.1) is 6.42 Å². The summed E-state index contributed by atoms with van der Waals surface area (Å²) in [6, 6.07) is 31.9. The average molecular weight is 347 g/mol.